The van der Waals surface area contributed by atoms with Crippen LogP contribution < -0.4 is 11.0 Å². The Morgan fingerprint density at radius 1 is 1.03 bits per heavy atom. The van der Waals surface area contributed by atoms with Gasteiger partial charge in [0.2, 0.25) is 5.91 Å². The maximum Gasteiger partial charge on any atom is 0.347 e. The molecule has 1 N–H and O–H groups in total. The maximum absolute atomic E-state index is 14.4. The summed E-state index contributed by atoms with van der Waals surface area (Å²) in [5.41, 5.74) is 1.15. The van der Waals surface area contributed by atoms with E-state index in [1.807, 2.05) is 37.3 Å². The molecule has 0 fully saturated rings. The van der Waals surface area contributed by atoms with Gasteiger partial charge in [0.25, 0.3) is 0 Å². The van der Waals surface area contributed by atoms with Crippen LogP contribution in [0.4, 0.5) is 4.39 Å². The van der Waals surface area contributed by atoms with Gasteiger partial charge in [-0.2, -0.15) is 0 Å². The molecule has 2 heterocycles. The number of fused-ring (bicyclic) bond motifs is 1. The molecule has 3 aromatic carbocycles. The van der Waals surface area contributed by atoms with Gasteiger partial charge in [-0.15, -0.1) is 5.10 Å². The van der Waals surface area contributed by atoms with E-state index in [2.05, 4.69) is 15.4 Å². The summed E-state index contributed by atoms with van der Waals surface area (Å²) < 4.78 is 16.8. The molecule has 37 heavy (non-hydrogen) atoms. The summed E-state index contributed by atoms with van der Waals surface area (Å²) in [6.45, 7) is 1.49. The smallest absolute Gasteiger partial charge is 0.346 e. The molecule has 9 heteroatoms. The zero-order chi connectivity index (χ0) is 25.9. The molecule has 0 saturated heterocycles. The molecule has 0 spiro atoms. The molecule has 0 aliphatic carbocycles. The summed E-state index contributed by atoms with van der Waals surface area (Å²) in [6.07, 6.45) is 1.70. The summed E-state index contributed by atoms with van der Waals surface area (Å²) >= 11 is 6.03. The second-order valence-corrected chi connectivity index (χ2v) is 9.09. The van der Waals surface area contributed by atoms with Crippen LogP contribution in [-0.2, 0) is 17.9 Å². The lowest BCUT2D eigenvalue weighted by Gasteiger charge is -2.15. The molecule has 186 valence electrons. The fourth-order valence-corrected chi connectivity index (χ4v) is 4.40. The van der Waals surface area contributed by atoms with Gasteiger partial charge in [0, 0.05) is 27.7 Å². The Kier molecular flexibility index (Phi) is 6.83. The number of benzene rings is 3. The first kappa shape index (κ1) is 24.4. The highest BCUT2D eigenvalue weighted by Gasteiger charge is 2.20. The van der Waals surface area contributed by atoms with Crippen LogP contribution in [-0.4, -0.2) is 25.2 Å². The zero-order valence-corrected chi connectivity index (χ0v) is 20.7. The highest BCUT2D eigenvalue weighted by Crippen LogP contribution is 2.22. The predicted octanol–water partition coefficient (Wildman–Crippen LogP) is 4.98. The Labute approximate surface area is 217 Å². The first-order valence-electron chi connectivity index (χ1n) is 11.7. The number of nitrogens with one attached hydrogen (secondary N) is 1. The van der Waals surface area contributed by atoms with Gasteiger partial charge < -0.3 is 5.32 Å². The number of nitrogens with zero attached hydrogens (tertiary/aromatic N) is 4. The normalized spacial score (nSPS) is 12.0. The van der Waals surface area contributed by atoms with Crippen molar-refractivity contribution in [1.82, 2.24) is 24.6 Å². The minimum Gasteiger partial charge on any atom is -0.346 e. The van der Waals surface area contributed by atoms with E-state index < -0.39 is 23.5 Å². The Balaban J connectivity index is 1.44. The molecule has 0 saturated carbocycles. The molecule has 5 aromatic rings. The van der Waals surface area contributed by atoms with Crippen LogP contribution in [0.1, 0.15) is 24.2 Å². The van der Waals surface area contributed by atoms with Crippen LogP contribution >= 0.6 is 11.6 Å². The number of halogens is 2. The second kappa shape index (κ2) is 10.4. The summed E-state index contributed by atoms with van der Waals surface area (Å²) in [5, 5.41) is 9.83. The lowest BCUT2D eigenvalue weighted by molar-refractivity contribution is -0.122. The van der Waals surface area contributed by atoms with E-state index in [-0.39, 0.29) is 13.1 Å². The first-order chi connectivity index (χ1) is 17.9. The van der Waals surface area contributed by atoms with Crippen molar-refractivity contribution in [3.8, 4) is 11.4 Å². The molecule has 1 unspecified atom stereocenters. The summed E-state index contributed by atoms with van der Waals surface area (Å²) in [4.78, 5) is 30.8. The number of pyridine rings is 1. The Hall–Kier alpha value is -4.30. The Morgan fingerprint density at radius 2 is 1.76 bits per heavy atom. The van der Waals surface area contributed by atoms with Crippen LogP contribution in [0.2, 0.25) is 5.02 Å². The number of aromatic nitrogens is 4. The highest BCUT2D eigenvalue weighted by molar-refractivity contribution is 6.30. The van der Waals surface area contributed by atoms with Gasteiger partial charge in [0.1, 0.15) is 12.4 Å². The molecule has 7 nitrogen and oxygen atoms in total. The van der Waals surface area contributed by atoms with E-state index in [1.165, 1.54) is 10.6 Å². The molecule has 1 amide bonds. The number of rotatable bonds is 7. The first-order valence-corrected chi connectivity index (χ1v) is 12.1. The van der Waals surface area contributed by atoms with Gasteiger partial charge in [0.05, 0.1) is 18.3 Å². The Bertz CT molecular complexity index is 1640. The van der Waals surface area contributed by atoms with Crippen LogP contribution in [0.5, 0.6) is 0 Å². The van der Waals surface area contributed by atoms with Gasteiger partial charge in [-0.3, -0.25) is 14.3 Å². The van der Waals surface area contributed by atoms with Crippen LogP contribution in [0.3, 0.4) is 0 Å². The lowest BCUT2D eigenvalue weighted by Crippen LogP contribution is -2.35. The van der Waals surface area contributed by atoms with E-state index in [9.17, 15) is 14.0 Å². The van der Waals surface area contributed by atoms with Gasteiger partial charge in [-0.05, 0) is 48.7 Å². The van der Waals surface area contributed by atoms with Gasteiger partial charge >= 0.3 is 5.69 Å². The van der Waals surface area contributed by atoms with Crippen LogP contribution in [0, 0.1) is 5.82 Å². The largest absolute Gasteiger partial charge is 0.347 e. The summed E-state index contributed by atoms with van der Waals surface area (Å²) in [6, 6.07) is 22.3. The third kappa shape index (κ3) is 5.15. The van der Waals surface area contributed by atoms with Crippen molar-refractivity contribution < 1.29 is 9.18 Å². The molecule has 1 atom stereocenters. The van der Waals surface area contributed by atoms with Crippen molar-refractivity contribution >= 4 is 28.3 Å². The van der Waals surface area contributed by atoms with E-state index >= 15 is 0 Å². The minimum absolute atomic E-state index is 0.0403. The van der Waals surface area contributed by atoms with Crippen molar-refractivity contribution in [3.63, 3.8) is 0 Å². The Morgan fingerprint density at radius 3 is 2.54 bits per heavy atom. The predicted molar refractivity (Wildman–Crippen MR) is 141 cm³/mol. The zero-order valence-electron chi connectivity index (χ0n) is 19.9. The van der Waals surface area contributed by atoms with Gasteiger partial charge in [-0.1, -0.05) is 54.1 Å². The number of carbonyl (C=O) groups is 1. The standard InChI is InChI=1S/C28H23ClFN5O2/c1-18(26-23-8-4-2-6-19(23)14-15-31-26)32-25(36)17-35-28(37)34(16-21-7-3-5-9-24(21)30)27(33-35)20-10-12-22(29)13-11-20/h2-15,18H,16-17H2,1H3,(H,32,36). The maximum atomic E-state index is 14.4. The molecule has 0 bridgehead atoms. The molecule has 5 rings (SSSR count). The fourth-order valence-electron chi connectivity index (χ4n) is 4.28. The third-order valence-electron chi connectivity index (χ3n) is 6.10. The number of hydrogen-bond acceptors (Lipinski definition) is 4. The van der Waals surface area contributed by atoms with Crippen LogP contribution in [0.15, 0.2) is 89.9 Å². The van der Waals surface area contributed by atoms with Gasteiger partial charge in [-0.25, -0.2) is 13.9 Å². The van der Waals surface area contributed by atoms with E-state index in [1.54, 1.807) is 48.7 Å². The monoisotopic (exact) mass is 515 g/mol. The minimum atomic E-state index is -0.528. The van der Waals surface area contributed by atoms with Crippen LogP contribution in [0.25, 0.3) is 22.2 Å². The van der Waals surface area contributed by atoms with Crippen molar-refractivity contribution in [2.45, 2.75) is 26.1 Å². The van der Waals surface area contributed by atoms with Gasteiger partial charge in [0.15, 0.2) is 5.82 Å². The number of carbonyl (C=O) groups excluding carboxylic acids is 1. The molecule has 0 aliphatic rings. The average Bonchev–Trinajstić information content (AvgIpc) is 3.20. The number of amides is 1. The molecular formula is C28H23ClFN5O2. The molecule has 0 aliphatic heterocycles. The fraction of sp³-hybridized carbons (Fsp3) is 0.143. The van der Waals surface area contributed by atoms with E-state index in [0.29, 0.717) is 22.0 Å². The van der Waals surface area contributed by atoms with Crippen molar-refractivity contribution in [2.75, 3.05) is 0 Å². The molecular weight excluding hydrogens is 493 g/mol. The van der Waals surface area contributed by atoms with Crippen molar-refractivity contribution in [1.29, 1.82) is 0 Å². The highest BCUT2D eigenvalue weighted by atomic mass is 35.5. The third-order valence-corrected chi connectivity index (χ3v) is 6.35. The quantitative estimate of drug-likeness (QED) is 0.331. The van der Waals surface area contributed by atoms with Crippen molar-refractivity contribution in [3.05, 3.63) is 118 Å². The topological polar surface area (TPSA) is 81.8 Å². The lowest BCUT2D eigenvalue weighted by atomic mass is 10.1. The van der Waals surface area contributed by atoms with Crippen molar-refractivity contribution in [2.24, 2.45) is 0 Å². The SMILES string of the molecule is CC(NC(=O)Cn1nc(-c2ccc(Cl)cc2)n(Cc2ccccc2F)c1=O)c1nccc2ccccc12. The second-order valence-electron chi connectivity index (χ2n) is 8.65. The summed E-state index contributed by atoms with van der Waals surface area (Å²) in [5.74, 6) is -0.526. The average molecular weight is 516 g/mol. The summed E-state index contributed by atoms with van der Waals surface area (Å²) in [7, 11) is 0. The molecule has 2 aromatic heterocycles. The number of hydrogen-bond donors (Lipinski definition) is 1. The molecule has 0 radical (unpaired) electrons. The van der Waals surface area contributed by atoms with E-state index in [4.69, 9.17) is 11.6 Å². The van der Waals surface area contributed by atoms with E-state index in [0.717, 1.165) is 21.1 Å².